The third-order valence-corrected chi connectivity index (χ3v) is 3.33. The van der Waals surface area contributed by atoms with Crippen molar-refractivity contribution in [3.05, 3.63) is 0 Å². The van der Waals surface area contributed by atoms with Crippen LogP contribution < -0.4 is 11.1 Å². The van der Waals surface area contributed by atoms with Gasteiger partial charge in [0.2, 0.25) is 5.91 Å². The minimum Gasteiger partial charge on any atom is -0.381 e. The van der Waals surface area contributed by atoms with E-state index in [4.69, 9.17) is 15.2 Å². The van der Waals surface area contributed by atoms with Crippen molar-refractivity contribution in [3.8, 4) is 0 Å². The first-order chi connectivity index (χ1) is 7.77. The van der Waals surface area contributed by atoms with E-state index in [2.05, 4.69) is 5.32 Å². The molecule has 2 fully saturated rings. The van der Waals surface area contributed by atoms with Gasteiger partial charge in [0.25, 0.3) is 0 Å². The SMILES string of the molecule is NC(=O)C(NCC1CCCO1)C1CCOC1. The second-order valence-corrected chi connectivity index (χ2v) is 4.55. The van der Waals surface area contributed by atoms with Gasteiger partial charge in [0.15, 0.2) is 0 Å². The summed E-state index contributed by atoms with van der Waals surface area (Å²) >= 11 is 0. The summed E-state index contributed by atoms with van der Waals surface area (Å²) in [4.78, 5) is 11.4. The van der Waals surface area contributed by atoms with Gasteiger partial charge in [-0.3, -0.25) is 4.79 Å². The molecule has 3 unspecified atom stereocenters. The highest BCUT2D eigenvalue weighted by Crippen LogP contribution is 2.17. The summed E-state index contributed by atoms with van der Waals surface area (Å²) in [5.74, 6) is -0.0626. The lowest BCUT2D eigenvalue weighted by molar-refractivity contribution is -0.121. The van der Waals surface area contributed by atoms with E-state index in [-0.39, 0.29) is 24.0 Å². The Morgan fingerprint density at radius 2 is 2.31 bits per heavy atom. The van der Waals surface area contributed by atoms with Gasteiger partial charge in [-0.1, -0.05) is 0 Å². The van der Waals surface area contributed by atoms with Gasteiger partial charge in [-0.15, -0.1) is 0 Å². The largest absolute Gasteiger partial charge is 0.381 e. The van der Waals surface area contributed by atoms with Gasteiger partial charge in [0.1, 0.15) is 0 Å². The highest BCUT2D eigenvalue weighted by atomic mass is 16.5. The van der Waals surface area contributed by atoms with E-state index in [1.807, 2.05) is 0 Å². The molecule has 5 heteroatoms. The molecule has 3 atom stereocenters. The predicted octanol–water partition coefficient (Wildman–Crippen LogP) is -0.355. The summed E-state index contributed by atoms with van der Waals surface area (Å²) in [5.41, 5.74) is 5.40. The molecule has 0 spiro atoms. The normalized spacial score (nSPS) is 31.8. The van der Waals surface area contributed by atoms with E-state index in [0.717, 1.165) is 32.5 Å². The Morgan fingerprint density at radius 1 is 1.44 bits per heavy atom. The van der Waals surface area contributed by atoms with Gasteiger partial charge in [0, 0.05) is 25.7 Å². The van der Waals surface area contributed by atoms with Crippen LogP contribution in [0.2, 0.25) is 0 Å². The Kier molecular flexibility index (Phi) is 4.15. The molecule has 2 saturated heterocycles. The van der Waals surface area contributed by atoms with Gasteiger partial charge in [-0.05, 0) is 19.3 Å². The van der Waals surface area contributed by atoms with Crippen LogP contribution in [0.1, 0.15) is 19.3 Å². The molecule has 0 radical (unpaired) electrons. The first kappa shape index (κ1) is 11.8. The maximum atomic E-state index is 11.4. The number of hydrogen-bond donors (Lipinski definition) is 2. The van der Waals surface area contributed by atoms with E-state index in [1.54, 1.807) is 0 Å². The molecule has 0 aromatic rings. The van der Waals surface area contributed by atoms with Gasteiger partial charge < -0.3 is 20.5 Å². The summed E-state index contributed by atoms with van der Waals surface area (Å²) in [6, 6.07) is -0.272. The molecule has 0 bridgehead atoms. The van der Waals surface area contributed by atoms with Crippen molar-refractivity contribution >= 4 is 5.91 Å². The lowest BCUT2D eigenvalue weighted by Gasteiger charge is -2.22. The smallest absolute Gasteiger partial charge is 0.234 e. The Balaban J connectivity index is 1.79. The fraction of sp³-hybridized carbons (Fsp3) is 0.909. The fourth-order valence-corrected chi connectivity index (χ4v) is 2.38. The van der Waals surface area contributed by atoms with Crippen LogP contribution in [0, 0.1) is 5.92 Å². The van der Waals surface area contributed by atoms with E-state index in [9.17, 15) is 4.79 Å². The van der Waals surface area contributed by atoms with Gasteiger partial charge in [-0.2, -0.15) is 0 Å². The van der Waals surface area contributed by atoms with Crippen molar-refractivity contribution in [2.24, 2.45) is 11.7 Å². The maximum absolute atomic E-state index is 11.4. The molecule has 2 heterocycles. The summed E-state index contributed by atoms with van der Waals surface area (Å²) in [5, 5.41) is 3.22. The number of primary amides is 1. The Morgan fingerprint density at radius 3 is 2.88 bits per heavy atom. The first-order valence-electron chi connectivity index (χ1n) is 5.99. The van der Waals surface area contributed by atoms with Crippen LogP contribution >= 0.6 is 0 Å². The zero-order chi connectivity index (χ0) is 11.4. The van der Waals surface area contributed by atoms with Crippen molar-refractivity contribution in [2.45, 2.75) is 31.4 Å². The number of hydrogen-bond acceptors (Lipinski definition) is 4. The Bertz CT molecular complexity index is 235. The molecule has 2 aliphatic rings. The van der Waals surface area contributed by atoms with Gasteiger partial charge in [-0.25, -0.2) is 0 Å². The quantitative estimate of drug-likeness (QED) is 0.674. The zero-order valence-electron chi connectivity index (χ0n) is 9.48. The second-order valence-electron chi connectivity index (χ2n) is 4.55. The zero-order valence-corrected chi connectivity index (χ0v) is 9.48. The van der Waals surface area contributed by atoms with E-state index < -0.39 is 0 Å². The average Bonchev–Trinajstić information content (AvgIpc) is 2.88. The van der Waals surface area contributed by atoms with Crippen molar-refractivity contribution in [1.82, 2.24) is 5.32 Å². The van der Waals surface area contributed by atoms with Crippen molar-refractivity contribution in [2.75, 3.05) is 26.4 Å². The predicted molar refractivity (Wildman–Crippen MR) is 58.9 cm³/mol. The molecule has 5 nitrogen and oxygen atoms in total. The van der Waals surface area contributed by atoms with E-state index in [1.165, 1.54) is 0 Å². The van der Waals surface area contributed by atoms with Crippen LogP contribution in [-0.2, 0) is 14.3 Å². The minimum atomic E-state index is -0.284. The van der Waals surface area contributed by atoms with Crippen LogP contribution in [0.5, 0.6) is 0 Å². The van der Waals surface area contributed by atoms with Crippen LogP contribution in [0.3, 0.4) is 0 Å². The molecule has 92 valence electrons. The number of amides is 1. The first-order valence-corrected chi connectivity index (χ1v) is 5.99. The maximum Gasteiger partial charge on any atom is 0.234 e. The summed E-state index contributed by atoms with van der Waals surface area (Å²) in [6.45, 7) is 2.91. The van der Waals surface area contributed by atoms with Gasteiger partial charge in [0.05, 0.1) is 18.8 Å². The molecule has 2 rings (SSSR count). The van der Waals surface area contributed by atoms with Crippen LogP contribution in [0.4, 0.5) is 0 Å². The van der Waals surface area contributed by atoms with Crippen LogP contribution in [0.25, 0.3) is 0 Å². The second kappa shape index (κ2) is 5.61. The van der Waals surface area contributed by atoms with Crippen molar-refractivity contribution in [1.29, 1.82) is 0 Å². The van der Waals surface area contributed by atoms with Crippen LogP contribution in [-0.4, -0.2) is 44.4 Å². The van der Waals surface area contributed by atoms with Crippen LogP contribution in [0.15, 0.2) is 0 Å². The van der Waals surface area contributed by atoms with Crippen molar-refractivity contribution in [3.63, 3.8) is 0 Å². The third-order valence-electron chi connectivity index (χ3n) is 3.33. The molecule has 16 heavy (non-hydrogen) atoms. The topological polar surface area (TPSA) is 73.6 Å². The Hall–Kier alpha value is -0.650. The number of nitrogens with two attached hydrogens (primary N) is 1. The summed E-state index contributed by atoms with van der Waals surface area (Å²) in [7, 11) is 0. The lowest BCUT2D eigenvalue weighted by atomic mass is 9.98. The summed E-state index contributed by atoms with van der Waals surface area (Å²) < 4.78 is 10.8. The Labute approximate surface area is 95.7 Å². The molecular formula is C11H20N2O3. The highest BCUT2D eigenvalue weighted by Gasteiger charge is 2.30. The molecule has 0 aliphatic carbocycles. The summed E-state index contributed by atoms with van der Waals surface area (Å²) in [6.07, 6.45) is 3.33. The number of ether oxygens (including phenoxy) is 2. The molecule has 2 aliphatic heterocycles. The number of rotatable bonds is 5. The molecular weight excluding hydrogens is 208 g/mol. The minimum absolute atomic E-state index is 0.221. The molecule has 0 saturated carbocycles. The number of nitrogens with one attached hydrogen (secondary N) is 1. The molecule has 1 amide bonds. The number of carbonyl (C=O) groups is 1. The number of carbonyl (C=O) groups excluding carboxylic acids is 1. The monoisotopic (exact) mass is 228 g/mol. The average molecular weight is 228 g/mol. The van der Waals surface area contributed by atoms with E-state index in [0.29, 0.717) is 13.2 Å². The highest BCUT2D eigenvalue weighted by molar-refractivity contribution is 5.80. The lowest BCUT2D eigenvalue weighted by Crippen LogP contribution is -2.49. The third kappa shape index (κ3) is 2.93. The van der Waals surface area contributed by atoms with Gasteiger partial charge >= 0.3 is 0 Å². The molecule has 3 N–H and O–H groups in total. The van der Waals surface area contributed by atoms with Crippen molar-refractivity contribution < 1.29 is 14.3 Å². The molecule has 0 aromatic heterocycles. The fourth-order valence-electron chi connectivity index (χ4n) is 2.38. The molecule has 0 aromatic carbocycles. The van der Waals surface area contributed by atoms with E-state index >= 15 is 0 Å². The standard InChI is InChI=1S/C11H20N2O3/c12-11(14)10(8-3-5-15-7-8)13-6-9-2-1-4-16-9/h8-10,13H,1-7H2,(H2,12,14).